The van der Waals surface area contributed by atoms with Gasteiger partial charge in [0.25, 0.3) is 0 Å². The molecular formula is C24H20N6OS. The second kappa shape index (κ2) is 8.14. The van der Waals surface area contributed by atoms with E-state index in [1.807, 2.05) is 71.8 Å². The third-order valence-corrected chi connectivity index (χ3v) is 6.57. The minimum Gasteiger partial charge on any atom is -0.378 e. The molecule has 1 aromatic carbocycles. The number of nitrogens with zero attached hydrogens (tertiary/aromatic N) is 6. The minimum absolute atomic E-state index is 0.636. The molecule has 6 rings (SSSR count). The lowest BCUT2D eigenvalue weighted by Crippen LogP contribution is -2.37. The van der Waals surface area contributed by atoms with Gasteiger partial charge in [-0.15, -0.1) is 11.3 Å². The summed E-state index contributed by atoms with van der Waals surface area (Å²) >= 11 is 1.67. The number of hydrogen-bond donors (Lipinski definition) is 0. The van der Waals surface area contributed by atoms with Crippen molar-refractivity contribution in [3.8, 4) is 27.6 Å². The van der Waals surface area contributed by atoms with Crippen molar-refractivity contribution in [2.24, 2.45) is 0 Å². The van der Waals surface area contributed by atoms with Crippen LogP contribution in [0.1, 0.15) is 0 Å². The van der Waals surface area contributed by atoms with E-state index in [-0.39, 0.29) is 0 Å². The molecule has 0 atom stereocenters. The van der Waals surface area contributed by atoms with Crippen LogP contribution in [0.25, 0.3) is 37.9 Å². The van der Waals surface area contributed by atoms with Gasteiger partial charge in [-0.3, -0.25) is 4.98 Å². The molecule has 0 radical (unpaired) electrons. The normalized spacial score (nSPS) is 14.2. The minimum atomic E-state index is 0.636. The fraction of sp³-hybridized carbons (Fsp3) is 0.167. The Morgan fingerprint density at radius 1 is 0.906 bits per heavy atom. The Morgan fingerprint density at radius 3 is 2.53 bits per heavy atom. The molecule has 0 N–H and O–H groups in total. The molecule has 0 bridgehead atoms. The van der Waals surface area contributed by atoms with Crippen molar-refractivity contribution in [1.82, 2.24) is 24.7 Å². The van der Waals surface area contributed by atoms with E-state index in [4.69, 9.17) is 19.8 Å². The molecule has 0 amide bonds. The van der Waals surface area contributed by atoms with Crippen molar-refractivity contribution in [3.63, 3.8) is 0 Å². The van der Waals surface area contributed by atoms with Crippen LogP contribution in [-0.4, -0.2) is 51.0 Å². The number of morpholine rings is 1. The number of hydrogen-bond acceptors (Lipinski definition) is 7. The van der Waals surface area contributed by atoms with Crippen LogP contribution < -0.4 is 4.90 Å². The van der Waals surface area contributed by atoms with Crippen molar-refractivity contribution in [1.29, 1.82) is 0 Å². The average molecular weight is 441 g/mol. The summed E-state index contributed by atoms with van der Waals surface area (Å²) < 4.78 is 7.43. The summed E-state index contributed by atoms with van der Waals surface area (Å²) in [7, 11) is 0. The summed E-state index contributed by atoms with van der Waals surface area (Å²) in [4.78, 5) is 18.4. The Bertz CT molecular complexity index is 1360. The van der Waals surface area contributed by atoms with E-state index in [1.165, 1.54) is 0 Å². The number of benzene rings is 1. The summed E-state index contributed by atoms with van der Waals surface area (Å²) in [5.41, 5.74) is 2.89. The zero-order valence-electron chi connectivity index (χ0n) is 17.3. The maximum Gasteiger partial charge on any atom is 0.183 e. The predicted octanol–water partition coefficient (Wildman–Crippen LogP) is 4.44. The Hall–Kier alpha value is -3.62. The Labute approximate surface area is 189 Å². The van der Waals surface area contributed by atoms with Crippen LogP contribution in [-0.2, 0) is 4.74 Å². The maximum absolute atomic E-state index is 5.57. The molecule has 4 aromatic heterocycles. The Balaban J connectivity index is 1.48. The van der Waals surface area contributed by atoms with Crippen molar-refractivity contribution in [2.45, 2.75) is 0 Å². The summed E-state index contributed by atoms with van der Waals surface area (Å²) in [5, 5.41) is 5.82. The molecule has 0 spiro atoms. The molecule has 8 heteroatoms. The Morgan fingerprint density at radius 2 is 1.72 bits per heavy atom. The number of pyridine rings is 1. The van der Waals surface area contributed by atoms with Crippen LogP contribution in [0, 0.1) is 0 Å². The molecule has 1 aliphatic heterocycles. The van der Waals surface area contributed by atoms with Gasteiger partial charge in [0.1, 0.15) is 16.3 Å². The zero-order chi connectivity index (χ0) is 21.3. The molecule has 5 heterocycles. The third kappa shape index (κ3) is 3.53. The standard InChI is InChI=1S/C24H20N6OS/c1-2-4-18(5-3-1)30-11-8-20(28-30)22-26-23(29-12-14-31-15-13-29)19-16-21(32-24(19)27-22)17-6-9-25-10-7-17/h1-11,16H,12-15H2. The lowest BCUT2D eigenvalue weighted by molar-refractivity contribution is 0.122. The third-order valence-electron chi connectivity index (χ3n) is 5.49. The smallest absolute Gasteiger partial charge is 0.183 e. The molecule has 32 heavy (non-hydrogen) atoms. The number of ether oxygens (including phenoxy) is 1. The molecule has 158 valence electrons. The highest BCUT2D eigenvalue weighted by molar-refractivity contribution is 7.22. The first kappa shape index (κ1) is 19.1. The van der Waals surface area contributed by atoms with Crippen LogP contribution in [0.4, 0.5) is 5.82 Å². The van der Waals surface area contributed by atoms with Gasteiger partial charge in [-0.1, -0.05) is 18.2 Å². The molecule has 0 saturated carbocycles. The van der Waals surface area contributed by atoms with Gasteiger partial charge < -0.3 is 9.64 Å². The van der Waals surface area contributed by atoms with Crippen LogP contribution in [0.5, 0.6) is 0 Å². The molecule has 5 aromatic rings. The largest absolute Gasteiger partial charge is 0.378 e. The van der Waals surface area contributed by atoms with Gasteiger partial charge in [0.15, 0.2) is 5.82 Å². The average Bonchev–Trinajstić information content (AvgIpc) is 3.53. The van der Waals surface area contributed by atoms with Crippen molar-refractivity contribution in [2.75, 3.05) is 31.2 Å². The van der Waals surface area contributed by atoms with Crippen molar-refractivity contribution >= 4 is 27.4 Å². The Kier molecular flexibility index (Phi) is 4.86. The zero-order valence-corrected chi connectivity index (χ0v) is 18.1. The second-order valence-corrected chi connectivity index (χ2v) is 8.55. The second-order valence-electron chi connectivity index (χ2n) is 7.52. The molecule has 0 aliphatic carbocycles. The number of thiophene rings is 1. The van der Waals surface area contributed by atoms with Gasteiger partial charge in [0, 0.05) is 36.6 Å². The van der Waals surface area contributed by atoms with Gasteiger partial charge in [-0.05, 0) is 42.0 Å². The first-order valence-electron chi connectivity index (χ1n) is 10.5. The fourth-order valence-electron chi connectivity index (χ4n) is 3.86. The van der Waals surface area contributed by atoms with E-state index in [0.717, 1.165) is 50.9 Å². The summed E-state index contributed by atoms with van der Waals surface area (Å²) in [6, 6.07) is 18.3. The molecule has 7 nitrogen and oxygen atoms in total. The molecule has 0 unspecified atom stereocenters. The highest BCUT2D eigenvalue weighted by Gasteiger charge is 2.21. The fourth-order valence-corrected chi connectivity index (χ4v) is 4.89. The number of anilines is 1. The van der Waals surface area contributed by atoms with E-state index in [9.17, 15) is 0 Å². The van der Waals surface area contributed by atoms with E-state index >= 15 is 0 Å². The van der Waals surface area contributed by atoms with Crippen LogP contribution in [0.3, 0.4) is 0 Å². The predicted molar refractivity (Wildman–Crippen MR) is 126 cm³/mol. The van der Waals surface area contributed by atoms with E-state index in [1.54, 1.807) is 11.3 Å². The summed E-state index contributed by atoms with van der Waals surface area (Å²) in [6.07, 6.45) is 5.58. The van der Waals surface area contributed by atoms with Gasteiger partial charge in [0.2, 0.25) is 0 Å². The number of fused-ring (bicyclic) bond motifs is 1. The monoisotopic (exact) mass is 440 g/mol. The topological polar surface area (TPSA) is 69.0 Å². The highest BCUT2D eigenvalue weighted by Crippen LogP contribution is 2.37. The first-order chi connectivity index (χ1) is 15.8. The van der Waals surface area contributed by atoms with Crippen LogP contribution in [0.15, 0.2) is 73.2 Å². The molecule has 1 fully saturated rings. The van der Waals surface area contributed by atoms with E-state index in [2.05, 4.69) is 16.0 Å². The van der Waals surface area contributed by atoms with Crippen LogP contribution in [0.2, 0.25) is 0 Å². The van der Waals surface area contributed by atoms with Gasteiger partial charge in [0.05, 0.1) is 24.3 Å². The number of rotatable bonds is 4. The first-order valence-corrected chi connectivity index (χ1v) is 11.3. The van der Waals surface area contributed by atoms with E-state index in [0.29, 0.717) is 19.0 Å². The molecular weight excluding hydrogens is 420 g/mol. The van der Waals surface area contributed by atoms with Crippen LogP contribution >= 0.6 is 11.3 Å². The van der Waals surface area contributed by atoms with Gasteiger partial charge in [-0.2, -0.15) is 5.10 Å². The summed E-state index contributed by atoms with van der Waals surface area (Å²) in [5.74, 6) is 1.58. The van der Waals surface area contributed by atoms with Gasteiger partial charge in [-0.25, -0.2) is 14.6 Å². The maximum atomic E-state index is 5.57. The summed E-state index contributed by atoms with van der Waals surface area (Å²) in [6.45, 7) is 3.02. The lowest BCUT2D eigenvalue weighted by atomic mass is 10.2. The molecule has 1 aliphatic rings. The van der Waals surface area contributed by atoms with Crippen molar-refractivity contribution < 1.29 is 4.74 Å². The number of aromatic nitrogens is 5. The van der Waals surface area contributed by atoms with Gasteiger partial charge >= 0.3 is 0 Å². The quantitative estimate of drug-likeness (QED) is 0.411. The highest BCUT2D eigenvalue weighted by atomic mass is 32.1. The lowest BCUT2D eigenvalue weighted by Gasteiger charge is -2.28. The van der Waals surface area contributed by atoms with E-state index < -0.39 is 0 Å². The SMILES string of the molecule is c1ccc(-n2ccc(-c3nc(N4CCOCC4)c4cc(-c5ccncc5)sc4n3)n2)cc1. The van der Waals surface area contributed by atoms with Crippen molar-refractivity contribution in [3.05, 3.63) is 73.2 Å². The number of para-hydroxylation sites is 1. The molecule has 1 saturated heterocycles.